The average molecular weight is 286 g/mol. The molecule has 0 amide bonds. The molecule has 0 radical (unpaired) electrons. The van der Waals surface area contributed by atoms with E-state index in [1.54, 1.807) is 0 Å². The van der Waals surface area contributed by atoms with Crippen LogP contribution in [0.4, 0.5) is 0 Å². The average Bonchev–Trinajstić information content (AvgIpc) is 2.40. The molecule has 1 N–H and O–H groups in total. The lowest BCUT2D eigenvalue weighted by Crippen LogP contribution is -2.43. The first kappa shape index (κ1) is 17.4. The van der Waals surface area contributed by atoms with E-state index in [1.165, 1.54) is 45.1 Å². The molecule has 0 spiro atoms. The molecule has 0 unspecified atom stereocenters. The van der Waals surface area contributed by atoms with Crippen LogP contribution in [0.2, 0.25) is 0 Å². The van der Waals surface area contributed by atoms with E-state index < -0.39 is 0 Å². The molecule has 1 saturated carbocycles. The van der Waals surface area contributed by atoms with Crippen molar-refractivity contribution in [1.29, 1.82) is 0 Å². The second-order valence-electron chi connectivity index (χ2n) is 7.39. The molecule has 0 aliphatic heterocycles. The zero-order valence-electron chi connectivity index (χ0n) is 14.0. The maximum absolute atomic E-state index is 3.87. The van der Waals surface area contributed by atoms with E-state index in [0.29, 0.717) is 10.2 Å². The van der Waals surface area contributed by atoms with Crippen LogP contribution >= 0.6 is 11.8 Å². The normalized spacial score (nSPS) is 25.6. The van der Waals surface area contributed by atoms with E-state index >= 15 is 0 Å². The van der Waals surface area contributed by atoms with E-state index in [2.05, 4.69) is 46.2 Å². The highest BCUT2D eigenvalue weighted by Gasteiger charge is 2.31. The van der Waals surface area contributed by atoms with Crippen molar-refractivity contribution in [2.45, 2.75) is 83.9 Å². The minimum atomic E-state index is 0.459. The molecule has 0 aromatic rings. The largest absolute Gasteiger partial charge is 0.313 e. The first-order valence-corrected chi connectivity index (χ1v) is 9.38. The minimum Gasteiger partial charge on any atom is -0.313 e. The van der Waals surface area contributed by atoms with Crippen LogP contribution in [0.1, 0.15) is 73.1 Å². The fourth-order valence-corrected chi connectivity index (χ4v) is 4.16. The monoisotopic (exact) mass is 285 g/mol. The highest BCUT2D eigenvalue weighted by molar-refractivity contribution is 8.00. The van der Waals surface area contributed by atoms with Gasteiger partial charge in [-0.3, -0.25) is 0 Å². The Kier molecular flexibility index (Phi) is 6.72. The molecule has 0 aromatic carbocycles. The van der Waals surface area contributed by atoms with Crippen LogP contribution in [0.25, 0.3) is 0 Å². The van der Waals surface area contributed by atoms with Crippen molar-refractivity contribution in [3.8, 4) is 0 Å². The van der Waals surface area contributed by atoms with Gasteiger partial charge < -0.3 is 5.32 Å². The number of hydrogen-bond donors (Lipinski definition) is 1. The molecule has 19 heavy (non-hydrogen) atoms. The Morgan fingerprint density at radius 3 is 1.89 bits per heavy atom. The first-order chi connectivity index (χ1) is 8.87. The van der Waals surface area contributed by atoms with Crippen molar-refractivity contribution >= 4 is 11.8 Å². The maximum Gasteiger partial charge on any atom is 0.0276 e. The molecule has 2 heteroatoms. The third-order valence-electron chi connectivity index (χ3n) is 5.39. The summed E-state index contributed by atoms with van der Waals surface area (Å²) in [5, 5.41) is 3.87. The lowest BCUT2D eigenvalue weighted by atomic mass is 9.71. The highest BCUT2D eigenvalue weighted by atomic mass is 32.2. The van der Waals surface area contributed by atoms with E-state index in [4.69, 9.17) is 0 Å². The summed E-state index contributed by atoms with van der Waals surface area (Å²) < 4.78 is 0.459. The van der Waals surface area contributed by atoms with Crippen molar-refractivity contribution in [3.63, 3.8) is 0 Å². The van der Waals surface area contributed by atoms with Crippen molar-refractivity contribution in [3.05, 3.63) is 0 Å². The Labute approximate surface area is 125 Å². The van der Waals surface area contributed by atoms with E-state index in [1.807, 2.05) is 11.8 Å². The van der Waals surface area contributed by atoms with Crippen molar-refractivity contribution in [2.75, 3.05) is 12.8 Å². The molecule has 1 nitrogen and oxygen atoms in total. The van der Waals surface area contributed by atoms with Gasteiger partial charge in [-0.05, 0) is 56.1 Å². The molecule has 0 saturated heterocycles. The van der Waals surface area contributed by atoms with Gasteiger partial charge in [-0.15, -0.1) is 0 Å². The summed E-state index contributed by atoms with van der Waals surface area (Å²) in [7, 11) is 0. The number of rotatable bonds is 6. The zero-order valence-corrected chi connectivity index (χ0v) is 14.8. The third kappa shape index (κ3) is 4.97. The van der Waals surface area contributed by atoms with Gasteiger partial charge in [-0.2, -0.15) is 11.8 Å². The van der Waals surface area contributed by atoms with Crippen molar-refractivity contribution in [2.24, 2.45) is 11.3 Å². The zero-order chi connectivity index (χ0) is 14.5. The lowest BCUT2D eigenvalue weighted by molar-refractivity contribution is 0.159. The smallest absolute Gasteiger partial charge is 0.0276 e. The molecule has 1 fully saturated rings. The quantitative estimate of drug-likeness (QED) is 0.728. The van der Waals surface area contributed by atoms with Crippen LogP contribution < -0.4 is 5.32 Å². The molecule has 114 valence electrons. The SMILES string of the molecule is CCC(CC)(CNC1CCC(C(C)(C)C)CC1)SC. The summed E-state index contributed by atoms with van der Waals surface area (Å²) in [6.45, 7) is 13.1. The van der Waals surface area contributed by atoms with Gasteiger partial charge in [0.15, 0.2) is 0 Å². The van der Waals surface area contributed by atoms with Crippen LogP contribution in [0, 0.1) is 11.3 Å². The summed E-state index contributed by atoms with van der Waals surface area (Å²) in [5.74, 6) is 0.924. The van der Waals surface area contributed by atoms with Crippen LogP contribution in [0.3, 0.4) is 0 Å². The Balaban J connectivity index is 2.37. The predicted molar refractivity (Wildman–Crippen MR) is 90.0 cm³/mol. The van der Waals surface area contributed by atoms with Crippen LogP contribution in [-0.2, 0) is 0 Å². The van der Waals surface area contributed by atoms with Gasteiger partial charge in [0.05, 0.1) is 0 Å². The van der Waals surface area contributed by atoms with Gasteiger partial charge in [0.25, 0.3) is 0 Å². The number of nitrogens with one attached hydrogen (secondary N) is 1. The third-order valence-corrected chi connectivity index (χ3v) is 6.97. The van der Waals surface area contributed by atoms with Gasteiger partial charge in [-0.25, -0.2) is 0 Å². The van der Waals surface area contributed by atoms with Gasteiger partial charge in [0, 0.05) is 17.3 Å². The summed E-state index contributed by atoms with van der Waals surface area (Å²) in [6.07, 6.45) is 10.4. The topological polar surface area (TPSA) is 12.0 Å². The van der Waals surface area contributed by atoms with Crippen molar-refractivity contribution in [1.82, 2.24) is 5.32 Å². The molecule has 1 aliphatic carbocycles. The van der Waals surface area contributed by atoms with E-state index in [-0.39, 0.29) is 0 Å². The summed E-state index contributed by atoms with van der Waals surface area (Å²) >= 11 is 2.05. The van der Waals surface area contributed by atoms with Gasteiger partial charge in [-0.1, -0.05) is 34.6 Å². The Morgan fingerprint density at radius 1 is 1.00 bits per heavy atom. The predicted octanol–water partition coefficient (Wildman–Crippen LogP) is 5.10. The second kappa shape index (κ2) is 7.36. The molecule has 0 atom stereocenters. The summed E-state index contributed by atoms with van der Waals surface area (Å²) in [6, 6.07) is 0.767. The fourth-order valence-electron chi connectivity index (χ4n) is 3.35. The van der Waals surface area contributed by atoms with E-state index in [9.17, 15) is 0 Å². The first-order valence-electron chi connectivity index (χ1n) is 8.15. The molecule has 0 bridgehead atoms. The molecule has 0 aromatic heterocycles. The number of thioether (sulfide) groups is 1. The maximum atomic E-state index is 3.87. The Hall–Kier alpha value is 0.310. The molecule has 1 aliphatic rings. The molecule has 0 heterocycles. The van der Waals surface area contributed by atoms with Crippen LogP contribution in [-0.4, -0.2) is 23.6 Å². The standard InChI is InChI=1S/C17H35NS/c1-7-17(8-2,19-6)13-18-15-11-9-14(10-12-15)16(3,4)5/h14-15,18H,7-13H2,1-6H3. The number of hydrogen-bond acceptors (Lipinski definition) is 2. The van der Waals surface area contributed by atoms with Gasteiger partial charge in [0.1, 0.15) is 0 Å². The van der Waals surface area contributed by atoms with Crippen LogP contribution in [0.15, 0.2) is 0 Å². The lowest BCUT2D eigenvalue weighted by Gasteiger charge is -2.39. The van der Waals surface area contributed by atoms with Gasteiger partial charge in [0.2, 0.25) is 0 Å². The fraction of sp³-hybridized carbons (Fsp3) is 1.00. The molecule has 1 rings (SSSR count). The highest BCUT2D eigenvalue weighted by Crippen LogP contribution is 2.38. The Morgan fingerprint density at radius 2 is 1.53 bits per heavy atom. The minimum absolute atomic E-state index is 0.459. The van der Waals surface area contributed by atoms with Crippen molar-refractivity contribution < 1.29 is 0 Å². The Bertz CT molecular complexity index is 236. The summed E-state index contributed by atoms with van der Waals surface area (Å²) in [4.78, 5) is 0. The summed E-state index contributed by atoms with van der Waals surface area (Å²) in [5.41, 5.74) is 0.501. The second-order valence-corrected chi connectivity index (χ2v) is 8.66. The molecular weight excluding hydrogens is 250 g/mol. The van der Waals surface area contributed by atoms with Gasteiger partial charge >= 0.3 is 0 Å². The van der Waals surface area contributed by atoms with E-state index in [0.717, 1.165) is 12.0 Å². The van der Waals surface area contributed by atoms with Crippen LogP contribution in [0.5, 0.6) is 0 Å². The molecular formula is C17H35NS.